The Kier molecular flexibility index (Phi) is 6.37. The molecule has 0 aliphatic heterocycles. The lowest BCUT2D eigenvalue weighted by Crippen LogP contribution is -2.28. The summed E-state index contributed by atoms with van der Waals surface area (Å²) in [6.07, 6.45) is 3.39. The van der Waals surface area contributed by atoms with Gasteiger partial charge in [0, 0.05) is 36.4 Å². The molecule has 0 atom stereocenters. The lowest BCUT2D eigenvalue weighted by Gasteiger charge is -2.18. The van der Waals surface area contributed by atoms with Gasteiger partial charge in [-0.2, -0.15) is 0 Å². The van der Waals surface area contributed by atoms with Crippen molar-refractivity contribution in [2.24, 2.45) is 11.3 Å². The summed E-state index contributed by atoms with van der Waals surface area (Å²) < 4.78 is 5.54. The molecule has 0 unspecified atom stereocenters. The van der Waals surface area contributed by atoms with E-state index in [1.54, 1.807) is 24.3 Å². The van der Waals surface area contributed by atoms with Crippen molar-refractivity contribution >= 4 is 17.5 Å². The van der Waals surface area contributed by atoms with E-state index in [9.17, 15) is 9.59 Å². The molecule has 0 radical (unpaired) electrons. The SMILES string of the molecule is CC(C)(C)C(=O)Nc1cccc(C(=O)NCCCOCC2CC2)c1. The van der Waals surface area contributed by atoms with E-state index < -0.39 is 5.41 Å². The highest BCUT2D eigenvalue weighted by Crippen LogP contribution is 2.28. The predicted molar refractivity (Wildman–Crippen MR) is 95.0 cm³/mol. The third kappa shape index (κ3) is 6.32. The maximum absolute atomic E-state index is 12.2. The van der Waals surface area contributed by atoms with E-state index in [1.807, 2.05) is 20.8 Å². The Bertz CT molecular complexity index is 574. The predicted octanol–water partition coefficient (Wildman–Crippen LogP) is 3.22. The highest BCUT2D eigenvalue weighted by atomic mass is 16.5. The molecule has 5 heteroatoms. The maximum Gasteiger partial charge on any atom is 0.251 e. The lowest BCUT2D eigenvalue weighted by molar-refractivity contribution is -0.123. The molecular formula is C19H28N2O3. The van der Waals surface area contributed by atoms with Crippen molar-refractivity contribution in [2.75, 3.05) is 25.1 Å². The van der Waals surface area contributed by atoms with Crippen LogP contribution in [-0.2, 0) is 9.53 Å². The van der Waals surface area contributed by atoms with Gasteiger partial charge in [0.15, 0.2) is 0 Å². The fourth-order valence-corrected chi connectivity index (χ4v) is 2.07. The summed E-state index contributed by atoms with van der Waals surface area (Å²) in [6.45, 7) is 7.67. The smallest absolute Gasteiger partial charge is 0.251 e. The molecule has 1 saturated carbocycles. The van der Waals surface area contributed by atoms with E-state index >= 15 is 0 Å². The largest absolute Gasteiger partial charge is 0.381 e. The molecule has 0 heterocycles. The van der Waals surface area contributed by atoms with Crippen LogP contribution in [0.15, 0.2) is 24.3 Å². The van der Waals surface area contributed by atoms with Crippen LogP contribution in [-0.4, -0.2) is 31.6 Å². The number of hydrogen-bond acceptors (Lipinski definition) is 3. The zero-order valence-electron chi connectivity index (χ0n) is 14.9. The highest BCUT2D eigenvalue weighted by Gasteiger charge is 2.22. The van der Waals surface area contributed by atoms with E-state index in [0.29, 0.717) is 24.4 Å². The standard InChI is InChI=1S/C19H28N2O3/c1-19(2,3)18(23)21-16-7-4-6-15(12-16)17(22)20-10-5-11-24-13-14-8-9-14/h4,6-7,12,14H,5,8-11,13H2,1-3H3,(H,20,22)(H,21,23). The number of rotatable bonds is 8. The van der Waals surface area contributed by atoms with Crippen LogP contribution in [0.2, 0.25) is 0 Å². The first-order valence-electron chi connectivity index (χ1n) is 8.64. The molecule has 24 heavy (non-hydrogen) atoms. The van der Waals surface area contributed by atoms with Crippen LogP contribution in [0, 0.1) is 11.3 Å². The Labute approximate surface area is 144 Å². The topological polar surface area (TPSA) is 67.4 Å². The summed E-state index contributed by atoms with van der Waals surface area (Å²) in [5.74, 6) is 0.558. The summed E-state index contributed by atoms with van der Waals surface area (Å²) in [6, 6.07) is 6.99. The van der Waals surface area contributed by atoms with Crippen molar-refractivity contribution in [3.63, 3.8) is 0 Å². The second-order valence-corrected chi connectivity index (χ2v) is 7.41. The Hall–Kier alpha value is -1.88. The van der Waals surface area contributed by atoms with Gasteiger partial charge in [-0.05, 0) is 43.4 Å². The van der Waals surface area contributed by atoms with E-state index in [1.165, 1.54) is 12.8 Å². The average Bonchev–Trinajstić information content (AvgIpc) is 3.34. The van der Waals surface area contributed by atoms with Crippen molar-refractivity contribution in [3.05, 3.63) is 29.8 Å². The highest BCUT2D eigenvalue weighted by molar-refractivity contribution is 5.98. The second-order valence-electron chi connectivity index (χ2n) is 7.41. The summed E-state index contributed by atoms with van der Waals surface area (Å²) in [7, 11) is 0. The minimum absolute atomic E-state index is 0.0760. The van der Waals surface area contributed by atoms with Gasteiger partial charge in [0.05, 0.1) is 0 Å². The zero-order chi connectivity index (χ0) is 17.6. The molecule has 0 aromatic heterocycles. The van der Waals surface area contributed by atoms with Crippen molar-refractivity contribution in [3.8, 4) is 0 Å². The van der Waals surface area contributed by atoms with E-state index in [-0.39, 0.29) is 11.8 Å². The maximum atomic E-state index is 12.2. The van der Waals surface area contributed by atoms with Crippen LogP contribution in [0.5, 0.6) is 0 Å². The van der Waals surface area contributed by atoms with Gasteiger partial charge in [0.2, 0.25) is 5.91 Å². The van der Waals surface area contributed by atoms with Crippen LogP contribution in [0.3, 0.4) is 0 Å². The third-order valence-corrected chi connectivity index (χ3v) is 3.87. The van der Waals surface area contributed by atoms with Gasteiger partial charge in [-0.3, -0.25) is 9.59 Å². The summed E-state index contributed by atoms with van der Waals surface area (Å²) in [4.78, 5) is 24.2. The van der Waals surface area contributed by atoms with Crippen LogP contribution in [0.25, 0.3) is 0 Å². The fraction of sp³-hybridized carbons (Fsp3) is 0.579. The Balaban J connectivity index is 1.74. The first-order chi connectivity index (χ1) is 11.4. The Morgan fingerprint density at radius 3 is 2.67 bits per heavy atom. The summed E-state index contributed by atoms with van der Waals surface area (Å²) in [5, 5.41) is 5.72. The minimum Gasteiger partial charge on any atom is -0.381 e. The number of carbonyl (C=O) groups excluding carboxylic acids is 2. The Morgan fingerprint density at radius 2 is 2.00 bits per heavy atom. The normalized spacial score (nSPS) is 14.3. The number of carbonyl (C=O) groups is 2. The van der Waals surface area contributed by atoms with Gasteiger partial charge < -0.3 is 15.4 Å². The van der Waals surface area contributed by atoms with Crippen molar-refractivity contribution in [2.45, 2.75) is 40.0 Å². The van der Waals surface area contributed by atoms with Gasteiger partial charge in [0.1, 0.15) is 0 Å². The van der Waals surface area contributed by atoms with Crippen molar-refractivity contribution in [1.82, 2.24) is 5.32 Å². The van der Waals surface area contributed by atoms with Crippen molar-refractivity contribution in [1.29, 1.82) is 0 Å². The molecule has 1 aromatic carbocycles. The molecule has 1 aliphatic rings. The van der Waals surface area contributed by atoms with Gasteiger partial charge in [-0.1, -0.05) is 26.8 Å². The van der Waals surface area contributed by atoms with Crippen LogP contribution >= 0.6 is 0 Å². The van der Waals surface area contributed by atoms with Gasteiger partial charge in [0.25, 0.3) is 5.91 Å². The van der Waals surface area contributed by atoms with E-state index in [4.69, 9.17) is 4.74 Å². The number of benzene rings is 1. The Morgan fingerprint density at radius 1 is 1.25 bits per heavy atom. The molecule has 2 N–H and O–H groups in total. The quantitative estimate of drug-likeness (QED) is 0.718. The van der Waals surface area contributed by atoms with Gasteiger partial charge >= 0.3 is 0 Å². The molecule has 2 rings (SSSR count). The number of amides is 2. The number of ether oxygens (including phenoxy) is 1. The first-order valence-corrected chi connectivity index (χ1v) is 8.64. The lowest BCUT2D eigenvalue weighted by atomic mass is 9.95. The number of hydrogen-bond donors (Lipinski definition) is 2. The van der Waals surface area contributed by atoms with Crippen LogP contribution in [0.4, 0.5) is 5.69 Å². The first kappa shape index (κ1) is 18.5. The van der Waals surface area contributed by atoms with Gasteiger partial charge in [-0.15, -0.1) is 0 Å². The number of nitrogens with one attached hydrogen (secondary N) is 2. The fourth-order valence-electron chi connectivity index (χ4n) is 2.07. The molecule has 132 valence electrons. The number of anilines is 1. The summed E-state index contributed by atoms with van der Waals surface area (Å²) >= 11 is 0. The van der Waals surface area contributed by atoms with Crippen LogP contribution in [0.1, 0.15) is 50.4 Å². The molecule has 0 saturated heterocycles. The van der Waals surface area contributed by atoms with E-state index in [2.05, 4.69) is 10.6 Å². The summed E-state index contributed by atoms with van der Waals surface area (Å²) in [5.41, 5.74) is 0.703. The molecule has 5 nitrogen and oxygen atoms in total. The van der Waals surface area contributed by atoms with Crippen molar-refractivity contribution < 1.29 is 14.3 Å². The molecule has 1 aromatic rings. The average molecular weight is 332 g/mol. The van der Waals surface area contributed by atoms with E-state index in [0.717, 1.165) is 18.9 Å². The molecule has 1 aliphatic carbocycles. The minimum atomic E-state index is -0.473. The second kappa shape index (κ2) is 8.29. The molecule has 2 amide bonds. The third-order valence-electron chi connectivity index (χ3n) is 3.87. The molecule has 0 bridgehead atoms. The van der Waals surface area contributed by atoms with Crippen LogP contribution < -0.4 is 10.6 Å². The van der Waals surface area contributed by atoms with Gasteiger partial charge in [-0.25, -0.2) is 0 Å². The molecule has 0 spiro atoms. The monoisotopic (exact) mass is 332 g/mol. The molecular weight excluding hydrogens is 304 g/mol. The zero-order valence-corrected chi connectivity index (χ0v) is 14.9. The molecule has 1 fully saturated rings.